The highest BCUT2D eigenvalue weighted by molar-refractivity contribution is 5.81. The van der Waals surface area contributed by atoms with Gasteiger partial charge < -0.3 is 14.9 Å². The molecule has 0 radical (unpaired) electrons. The molecule has 0 aromatic heterocycles. The lowest BCUT2D eigenvalue weighted by Crippen LogP contribution is -2.48. The highest BCUT2D eigenvalue weighted by atomic mass is 16.6. The minimum Gasteiger partial charge on any atom is -0.480 e. The fraction of sp³-hybridized carbons (Fsp3) is 0.833. The number of ether oxygens (including phenoxy) is 1. The summed E-state index contributed by atoms with van der Waals surface area (Å²) >= 11 is 0. The molecule has 104 valence electrons. The highest BCUT2D eigenvalue weighted by Crippen LogP contribution is 2.39. The molecule has 1 heterocycles. The number of likely N-dealkylation sites (tertiary alicyclic amines) is 1. The molecule has 0 bridgehead atoms. The van der Waals surface area contributed by atoms with Crippen LogP contribution in [0.25, 0.3) is 0 Å². The van der Waals surface area contributed by atoms with Crippen molar-refractivity contribution >= 4 is 12.1 Å². The molecule has 2 N–H and O–H groups in total. The summed E-state index contributed by atoms with van der Waals surface area (Å²) in [6.45, 7) is 8.51. The van der Waals surface area contributed by atoms with Gasteiger partial charge in [-0.1, -0.05) is 13.8 Å². The SMILES string of the molecule is CC(C)(C)OC(=O)N1C(O)C(C)(C)C[C@H]1C(=O)O. The zero-order valence-corrected chi connectivity index (χ0v) is 11.4. The van der Waals surface area contributed by atoms with Gasteiger partial charge in [0.15, 0.2) is 0 Å². The molecule has 0 spiro atoms. The highest BCUT2D eigenvalue weighted by Gasteiger charge is 2.52. The lowest BCUT2D eigenvalue weighted by Gasteiger charge is -2.31. The lowest BCUT2D eigenvalue weighted by molar-refractivity contribution is -0.144. The molecule has 18 heavy (non-hydrogen) atoms. The third kappa shape index (κ3) is 2.93. The second kappa shape index (κ2) is 4.42. The molecule has 1 fully saturated rings. The largest absolute Gasteiger partial charge is 0.480 e. The molecule has 0 saturated carbocycles. The smallest absolute Gasteiger partial charge is 0.413 e. The van der Waals surface area contributed by atoms with E-state index in [1.165, 1.54) is 0 Å². The van der Waals surface area contributed by atoms with E-state index in [4.69, 9.17) is 9.84 Å². The maximum Gasteiger partial charge on any atom is 0.413 e. The molecule has 6 nitrogen and oxygen atoms in total. The fourth-order valence-electron chi connectivity index (χ4n) is 2.00. The normalized spacial score (nSPS) is 27.1. The summed E-state index contributed by atoms with van der Waals surface area (Å²) in [4.78, 5) is 24.0. The van der Waals surface area contributed by atoms with Crippen LogP contribution in [-0.2, 0) is 9.53 Å². The fourth-order valence-corrected chi connectivity index (χ4v) is 2.00. The van der Waals surface area contributed by atoms with E-state index in [1.54, 1.807) is 34.6 Å². The summed E-state index contributed by atoms with van der Waals surface area (Å²) < 4.78 is 5.13. The van der Waals surface area contributed by atoms with Gasteiger partial charge in [-0.2, -0.15) is 0 Å². The van der Waals surface area contributed by atoms with Gasteiger partial charge in [0.1, 0.15) is 17.9 Å². The van der Waals surface area contributed by atoms with Crippen LogP contribution in [0, 0.1) is 5.41 Å². The van der Waals surface area contributed by atoms with E-state index in [0.29, 0.717) is 0 Å². The molecule has 0 aliphatic carbocycles. The van der Waals surface area contributed by atoms with E-state index in [2.05, 4.69) is 0 Å². The third-order valence-electron chi connectivity index (χ3n) is 2.91. The second-order valence-corrected chi connectivity index (χ2v) is 6.31. The number of carboxylic acid groups (broad SMARTS) is 1. The van der Waals surface area contributed by atoms with Gasteiger partial charge in [0.2, 0.25) is 0 Å². The summed E-state index contributed by atoms with van der Waals surface area (Å²) in [5, 5.41) is 19.2. The topological polar surface area (TPSA) is 87.1 Å². The second-order valence-electron chi connectivity index (χ2n) is 6.31. The Bertz CT molecular complexity index is 358. The van der Waals surface area contributed by atoms with Crippen molar-refractivity contribution in [2.24, 2.45) is 5.41 Å². The Labute approximate surface area is 107 Å². The summed E-state index contributed by atoms with van der Waals surface area (Å²) in [5.74, 6) is -1.13. The van der Waals surface area contributed by atoms with Crippen LogP contribution in [0.3, 0.4) is 0 Å². The van der Waals surface area contributed by atoms with Gasteiger partial charge in [0.25, 0.3) is 0 Å². The molecule has 2 atom stereocenters. The summed E-state index contributed by atoms with van der Waals surface area (Å²) in [5.41, 5.74) is -1.40. The number of aliphatic hydroxyl groups excluding tert-OH is 1. The van der Waals surface area contributed by atoms with Crippen LogP contribution in [0.1, 0.15) is 41.0 Å². The predicted octanol–water partition coefficient (Wildman–Crippen LogP) is 1.43. The van der Waals surface area contributed by atoms with Crippen LogP contribution in [0.4, 0.5) is 4.79 Å². The predicted molar refractivity (Wildman–Crippen MR) is 63.9 cm³/mol. The molecule has 1 unspecified atom stereocenters. The lowest BCUT2D eigenvalue weighted by atomic mass is 9.89. The van der Waals surface area contributed by atoms with Gasteiger partial charge in [-0.15, -0.1) is 0 Å². The van der Waals surface area contributed by atoms with Crippen molar-refractivity contribution in [1.29, 1.82) is 0 Å². The number of amides is 1. The van der Waals surface area contributed by atoms with Crippen LogP contribution < -0.4 is 0 Å². The number of hydrogen-bond donors (Lipinski definition) is 2. The Morgan fingerprint density at radius 2 is 1.83 bits per heavy atom. The number of carboxylic acids is 1. The van der Waals surface area contributed by atoms with Crippen molar-refractivity contribution in [3.8, 4) is 0 Å². The van der Waals surface area contributed by atoms with Crippen LogP contribution >= 0.6 is 0 Å². The molecule has 1 aliphatic rings. The van der Waals surface area contributed by atoms with Gasteiger partial charge in [0.05, 0.1) is 0 Å². The molecule has 0 aromatic carbocycles. The molecule has 1 amide bonds. The Kier molecular flexibility index (Phi) is 3.63. The van der Waals surface area contributed by atoms with Crippen molar-refractivity contribution < 1.29 is 24.5 Å². The summed E-state index contributed by atoms with van der Waals surface area (Å²) in [6.07, 6.45) is -1.76. The Hall–Kier alpha value is -1.30. The average Bonchev–Trinajstić information content (AvgIpc) is 2.35. The molecule has 1 rings (SSSR count). The van der Waals surface area contributed by atoms with Crippen LogP contribution in [0.5, 0.6) is 0 Å². The summed E-state index contributed by atoms with van der Waals surface area (Å²) in [7, 11) is 0. The first kappa shape index (κ1) is 14.8. The first-order chi connectivity index (χ1) is 7.96. The van der Waals surface area contributed by atoms with Crippen LogP contribution in [-0.4, -0.2) is 45.0 Å². The molecule has 1 saturated heterocycles. The van der Waals surface area contributed by atoms with E-state index >= 15 is 0 Å². The average molecular weight is 259 g/mol. The number of rotatable bonds is 1. The van der Waals surface area contributed by atoms with Gasteiger partial charge in [0, 0.05) is 5.41 Å². The summed E-state index contributed by atoms with van der Waals surface area (Å²) in [6, 6.07) is -1.05. The number of hydrogen-bond acceptors (Lipinski definition) is 4. The number of carbonyl (C=O) groups excluding carboxylic acids is 1. The Balaban J connectivity index is 2.96. The molecular formula is C12H21NO5. The van der Waals surface area contributed by atoms with Crippen molar-refractivity contribution in [2.75, 3.05) is 0 Å². The zero-order valence-electron chi connectivity index (χ0n) is 11.4. The zero-order chi connectivity index (χ0) is 14.3. The van der Waals surface area contributed by atoms with E-state index in [0.717, 1.165) is 4.90 Å². The van der Waals surface area contributed by atoms with Gasteiger partial charge in [-0.3, -0.25) is 4.90 Å². The number of nitrogens with zero attached hydrogens (tertiary/aromatic N) is 1. The van der Waals surface area contributed by atoms with Crippen LogP contribution in [0.15, 0.2) is 0 Å². The van der Waals surface area contributed by atoms with E-state index in [9.17, 15) is 14.7 Å². The number of carbonyl (C=O) groups is 2. The van der Waals surface area contributed by atoms with Crippen molar-refractivity contribution in [1.82, 2.24) is 4.90 Å². The van der Waals surface area contributed by atoms with Crippen LogP contribution in [0.2, 0.25) is 0 Å². The Morgan fingerprint density at radius 3 is 2.22 bits per heavy atom. The number of aliphatic carboxylic acids is 1. The monoisotopic (exact) mass is 259 g/mol. The van der Waals surface area contributed by atoms with E-state index in [1.807, 2.05) is 0 Å². The minimum atomic E-state index is -1.16. The molecule has 1 aliphatic heterocycles. The maximum absolute atomic E-state index is 12.0. The van der Waals surface area contributed by atoms with Gasteiger partial charge in [-0.25, -0.2) is 9.59 Å². The molecule has 0 aromatic rings. The minimum absolute atomic E-state index is 0.197. The van der Waals surface area contributed by atoms with E-state index in [-0.39, 0.29) is 6.42 Å². The standard InChI is InChI=1S/C12H21NO5/c1-11(2,3)18-10(17)13-7(8(14)15)6-12(4,5)9(13)16/h7,9,16H,6H2,1-5H3,(H,14,15)/t7-,9?/m0/s1. The molecular weight excluding hydrogens is 238 g/mol. The maximum atomic E-state index is 12.0. The first-order valence-corrected chi connectivity index (χ1v) is 5.88. The molecule has 6 heteroatoms. The van der Waals surface area contributed by atoms with Crippen molar-refractivity contribution in [3.63, 3.8) is 0 Å². The van der Waals surface area contributed by atoms with Gasteiger partial charge in [-0.05, 0) is 27.2 Å². The third-order valence-corrected chi connectivity index (χ3v) is 2.91. The quantitative estimate of drug-likeness (QED) is 0.743. The van der Waals surface area contributed by atoms with Crippen molar-refractivity contribution in [2.45, 2.75) is 58.9 Å². The number of aliphatic hydroxyl groups is 1. The van der Waals surface area contributed by atoms with Gasteiger partial charge >= 0.3 is 12.1 Å². The Morgan fingerprint density at radius 1 is 1.33 bits per heavy atom. The van der Waals surface area contributed by atoms with E-state index < -0.39 is 35.3 Å². The first-order valence-electron chi connectivity index (χ1n) is 5.88. The van der Waals surface area contributed by atoms with Crippen molar-refractivity contribution in [3.05, 3.63) is 0 Å².